The lowest BCUT2D eigenvalue weighted by atomic mass is 9.86. The molecule has 6 nitrogen and oxygen atoms in total. The number of benzene rings is 3. The maximum absolute atomic E-state index is 13.7. The van der Waals surface area contributed by atoms with E-state index < -0.39 is 17.7 Å². The topological polar surface area (TPSA) is 66.0 Å². The number of fused-ring (bicyclic) bond motifs is 1. The van der Waals surface area contributed by atoms with Crippen LogP contribution in [0.1, 0.15) is 45.0 Å². The quantitative estimate of drug-likeness (QED) is 0.379. The number of nitrogens with one attached hydrogen (secondary N) is 2. The number of carbonyl (C=O) groups is 1. The lowest BCUT2D eigenvalue weighted by molar-refractivity contribution is -0.137. The molecule has 0 spiro atoms. The Balaban J connectivity index is 1.64. The number of anilines is 2. The van der Waals surface area contributed by atoms with Crippen molar-refractivity contribution in [1.82, 2.24) is 4.90 Å². The smallest absolute Gasteiger partial charge is 0.416 e. The van der Waals surface area contributed by atoms with Crippen LogP contribution >= 0.6 is 0 Å². The number of hydrogen-bond donors (Lipinski definition) is 2. The molecule has 0 amide bonds. The average Bonchev–Trinajstić information content (AvgIpc) is 3.07. The van der Waals surface area contributed by atoms with Crippen LogP contribution in [0.3, 0.4) is 0 Å². The van der Waals surface area contributed by atoms with Crippen molar-refractivity contribution in [3.8, 4) is 0 Å². The van der Waals surface area contributed by atoms with E-state index in [0.29, 0.717) is 48.8 Å². The molecule has 38 heavy (non-hydrogen) atoms. The van der Waals surface area contributed by atoms with Crippen molar-refractivity contribution in [1.29, 1.82) is 0 Å². The molecule has 0 aliphatic carbocycles. The van der Waals surface area contributed by atoms with E-state index in [4.69, 9.17) is 9.73 Å². The summed E-state index contributed by atoms with van der Waals surface area (Å²) in [6.07, 6.45) is -3.78. The predicted octanol–water partition coefficient (Wildman–Crippen LogP) is 5.86. The largest absolute Gasteiger partial charge is 0.465 e. The average molecular weight is 525 g/mol. The van der Waals surface area contributed by atoms with Crippen LogP contribution in [0.2, 0.25) is 0 Å². The van der Waals surface area contributed by atoms with Gasteiger partial charge >= 0.3 is 12.1 Å². The van der Waals surface area contributed by atoms with E-state index in [9.17, 15) is 18.0 Å². The van der Waals surface area contributed by atoms with Crippen molar-refractivity contribution < 1.29 is 22.7 Å². The fourth-order valence-corrected chi connectivity index (χ4v) is 4.51. The zero-order chi connectivity index (χ0) is 27.3. The first kappa shape index (κ1) is 27.2. The molecule has 9 heteroatoms. The first-order valence-corrected chi connectivity index (χ1v) is 12.4. The third-order valence-corrected chi connectivity index (χ3v) is 6.42. The Labute approximate surface area is 220 Å². The van der Waals surface area contributed by atoms with Crippen LogP contribution < -0.4 is 10.6 Å². The highest BCUT2D eigenvalue weighted by Gasteiger charge is 2.31. The highest BCUT2D eigenvalue weighted by atomic mass is 19.4. The summed E-state index contributed by atoms with van der Waals surface area (Å²) >= 11 is 0. The summed E-state index contributed by atoms with van der Waals surface area (Å²) in [5.41, 5.74) is 3.28. The molecule has 4 rings (SSSR count). The van der Waals surface area contributed by atoms with Crippen LogP contribution in [0.5, 0.6) is 0 Å². The molecular formula is C29H31F3N4O2. The molecule has 1 unspecified atom stereocenters. The summed E-state index contributed by atoms with van der Waals surface area (Å²) in [6, 6.07) is 19.0. The number of esters is 1. The summed E-state index contributed by atoms with van der Waals surface area (Å²) in [4.78, 5) is 18.5. The van der Waals surface area contributed by atoms with E-state index >= 15 is 0 Å². The Morgan fingerprint density at radius 2 is 1.76 bits per heavy atom. The Hall–Kier alpha value is -3.85. The summed E-state index contributed by atoms with van der Waals surface area (Å²) in [6.45, 7) is 1.67. The molecule has 3 aromatic rings. The third kappa shape index (κ3) is 6.52. The van der Waals surface area contributed by atoms with Crippen LogP contribution in [-0.4, -0.2) is 57.5 Å². The van der Waals surface area contributed by atoms with Crippen LogP contribution in [0.4, 0.5) is 24.5 Å². The van der Waals surface area contributed by atoms with Gasteiger partial charge in [0.1, 0.15) is 5.84 Å². The van der Waals surface area contributed by atoms with Gasteiger partial charge in [-0.05, 0) is 62.0 Å². The minimum atomic E-state index is -4.49. The van der Waals surface area contributed by atoms with Crippen LogP contribution in [-0.2, 0) is 10.9 Å². The second-order valence-corrected chi connectivity index (χ2v) is 9.42. The number of methoxy groups -OCH3 is 1. The first-order valence-electron chi connectivity index (χ1n) is 12.4. The van der Waals surface area contributed by atoms with Crippen molar-refractivity contribution in [3.05, 3.63) is 94.5 Å². The van der Waals surface area contributed by atoms with Crippen LogP contribution in [0.15, 0.2) is 71.7 Å². The molecule has 0 saturated heterocycles. The van der Waals surface area contributed by atoms with Gasteiger partial charge in [0.05, 0.1) is 18.2 Å². The molecular weight excluding hydrogens is 493 g/mol. The first-order chi connectivity index (χ1) is 18.2. The number of aliphatic imine (C=N–C) groups is 1. The molecule has 0 radical (unpaired) electrons. The number of alkyl halides is 3. The molecule has 0 saturated carbocycles. The van der Waals surface area contributed by atoms with Gasteiger partial charge in [0.25, 0.3) is 0 Å². The Bertz CT molecular complexity index is 1300. The molecule has 0 aromatic heterocycles. The molecule has 1 aliphatic rings. The van der Waals surface area contributed by atoms with Gasteiger partial charge in [-0.3, -0.25) is 4.99 Å². The van der Waals surface area contributed by atoms with E-state index in [2.05, 4.69) is 10.6 Å². The monoisotopic (exact) mass is 524 g/mol. The second kappa shape index (κ2) is 11.7. The van der Waals surface area contributed by atoms with Gasteiger partial charge in [-0.2, -0.15) is 13.2 Å². The molecule has 1 aliphatic heterocycles. The molecule has 0 bridgehead atoms. The van der Waals surface area contributed by atoms with Crippen LogP contribution in [0.25, 0.3) is 0 Å². The van der Waals surface area contributed by atoms with Crippen LogP contribution in [0, 0.1) is 0 Å². The summed E-state index contributed by atoms with van der Waals surface area (Å²) < 4.78 is 45.9. The van der Waals surface area contributed by atoms with Gasteiger partial charge in [0.2, 0.25) is 0 Å². The van der Waals surface area contributed by atoms with Gasteiger partial charge < -0.3 is 20.3 Å². The van der Waals surface area contributed by atoms with Gasteiger partial charge in [-0.15, -0.1) is 0 Å². The number of rotatable bonds is 7. The number of carbonyl (C=O) groups excluding carboxylic acids is 1. The molecule has 1 atom stereocenters. The molecule has 200 valence electrons. The highest BCUT2D eigenvalue weighted by molar-refractivity contribution is 6.09. The van der Waals surface area contributed by atoms with Crippen molar-refractivity contribution in [2.45, 2.75) is 18.5 Å². The van der Waals surface area contributed by atoms with Crippen molar-refractivity contribution in [2.24, 2.45) is 4.99 Å². The Morgan fingerprint density at radius 1 is 1.05 bits per heavy atom. The SMILES string of the molecule is COC(=O)c1ccc(C2CCN=C(Nc3cc(NCCN(C)C)cc(C(F)(F)F)c3)c3ccccc32)cc1. The minimum Gasteiger partial charge on any atom is -0.465 e. The lowest BCUT2D eigenvalue weighted by Gasteiger charge is -2.20. The predicted molar refractivity (Wildman–Crippen MR) is 144 cm³/mol. The standard InChI is InChI=1S/C29H31F3N4O2/c1-36(2)15-14-33-22-16-21(29(30,31)32)17-23(18-22)35-27-26-7-5-4-6-25(26)24(12-13-34-27)19-8-10-20(11-9-19)28(37)38-3/h4-11,16-18,24,33H,12-15H2,1-3H3,(H,34,35). The van der Waals surface area contributed by atoms with Crippen molar-refractivity contribution in [3.63, 3.8) is 0 Å². The Kier molecular flexibility index (Phi) is 8.36. The maximum Gasteiger partial charge on any atom is 0.416 e. The third-order valence-electron chi connectivity index (χ3n) is 6.42. The van der Waals surface area contributed by atoms with Gasteiger partial charge in [-0.1, -0.05) is 36.4 Å². The fraction of sp³-hybridized carbons (Fsp3) is 0.310. The normalized spacial score (nSPS) is 15.3. The second-order valence-electron chi connectivity index (χ2n) is 9.42. The number of nitrogens with zero attached hydrogens (tertiary/aromatic N) is 2. The van der Waals surface area contributed by atoms with Gasteiger partial charge in [0.15, 0.2) is 0 Å². The zero-order valence-corrected chi connectivity index (χ0v) is 21.6. The van der Waals surface area contributed by atoms with Crippen molar-refractivity contribution in [2.75, 3.05) is 51.5 Å². The van der Waals surface area contributed by atoms with E-state index in [-0.39, 0.29) is 5.92 Å². The number of hydrogen-bond acceptors (Lipinski definition) is 6. The fourth-order valence-electron chi connectivity index (χ4n) is 4.51. The number of likely N-dealkylation sites (N-methyl/N-ethyl adjacent to an activating group) is 1. The zero-order valence-electron chi connectivity index (χ0n) is 21.6. The Morgan fingerprint density at radius 3 is 2.45 bits per heavy atom. The highest BCUT2D eigenvalue weighted by Crippen LogP contribution is 2.36. The maximum atomic E-state index is 13.7. The molecule has 3 aromatic carbocycles. The summed E-state index contributed by atoms with van der Waals surface area (Å²) in [5.74, 6) is 0.128. The molecule has 1 heterocycles. The number of amidine groups is 1. The van der Waals surface area contributed by atoms with E-state index in [1.165, 1.54) is 7.11 Å². The van der Waals surface area contributed by atoms with Gasteiger partial charge in [-0.25, -0.2) is 4.79 Å². The molecule has 0 fully saturated rings. The summed E-state index contributed by atoms with van der Waals surface area (Å²) in [5, 5.41) is 6.26. The molecule has 2 N–H and O–H groups in total. The van der Waals surface area contributed by atoms with Gasteiger partial charge in [0, 0.05) is 42.5 Å². The summed E-state index contributed by atoms with van der Waals surface area (Å²) in [7, 11) is 5.16. The minimum absolute atomic E-state index is 0.00529. The lowest BCUT2D eigenvalue weighted by Crippen LogP contribution is -2.21. The number of ether oxygens (including phenoxy) is 1. The number of halogens is 3. The van der Waals surface area contributed by atoms with E-state index in [1.54, 1.807) is 18.2 Å². The van der Waals surface area contributed by atoms with E-state index in [1.807, 2.05) is 55.4 Å². The van der Waals surface area contributed by atoms with Crippen molar-refractivity contribution >= 4 is 23.2 Å². The van der Waals surface area contributed by atoms with E-state index in [0.717, 1.165) is 28.8 Å².